The second-order valence-electron chi connectivity index (χ2n) is 14.1. The van der Waals surface area contributed by atoms with Crippen molar-refractivity contribution in [3.8, 4) is 55.6 Å². The van der Waals surface area contributed by atoms with Gasteiger partial charge in [-0.3, -0.25) is 0 Å². The molecule has 0 N–H and O–H groups in total. The predicted molar refractivity (Wildman–Crippen MR) is 238 cm³/mol. The van der Waals surface area contributed by atoms with Crippen molar-refractivity contribution in [3.05, 3.63) is 265 Å². The van der Waals surface area contributed by atoms with Crippen LogP contribution >= 0.6 is 0 Å². The molecule has 0 aliphatic rings. The Labute approximate surface area is 330 Å². The average Bonchev–Trinajstić information content (AvgIpc) is 3.29. The van der Waals surface area contributed by atoms with Crippen molar-refractivity contribution < 1.29 is 0 Å². The SMILES string of the molecule is c1ccc(C(=C(c2ccccc2)c2cccc(-c3cccc(-c4cc(-c5ccccc5)c(-c5ccccc5)c(-c5ccccc5)c4)c3)c2)c2ccccc2)cc1. The smallest absolute Gasteiger partial charge is 0.00264 e. The Morgan fingerprint density at radius 1 is 0.196 bits per heavy atom. The Hall–Kier alpha value is -7.28. The lowest BCUT2D eigenvalue weighted by Gasteiger charge is -2.20. The van der Waals surface area contributed by atoms with Crippen molar-refractivity contribution in [3.63, 3.8) is 0 Å². The number of rotatable bonds is 9. The molecule has 0 spiro atoms. The van der Waals surface area contributed by atoms with Crippen LogP contribution in [0.3, 0.4) is 0 Å². The second-order valence-corrected chi connectivity index (χ2v) is 14.1. The third kappa shape index (κ3) is 7.17. The minimum atomic E-state index is 1.17. The summed E-state index contributed by atoms with van der Waals surface area (Å²) in [6, 6.07) is 87.6. The Balaban J connectivity index is 1.22. The summed E-state index contributed by atoms with van der Waals surface area (Å²) >= 11 is 0. The Morgan fingerprint density at radius 3 is 0.946 bits per heavy atom. The highest BCUT2D eigenvalue weighted by atomic mass is 14.2. The third-order valence-corrected chi connectivity index (χ3v) is 10.5. The highest BCUT2D eigenvalue weighted by molar-refractivity contribution is 6.05. The zero-order valence-electron chi connectivity index (χ0n) is 31.1. The summed E-state index contributed by atoms with van der Waals surface area (Å²) in [5.41, 5.74) is 19.1. The first-order valence-electron chi connectivity index (χ1n) is 19.3. The van der Waals surface area contributed by atoms with E-state index in [-0.39, 0.29) is 0 Å². The lowest BCUT2D eigenvalue weighted by molar-refractivity contribution is 1.49. The minimum Gasteiger partial charge on any atom is -0.0622 e. The van der Waals surface area contributed by atoms with Gasteiger partial charge < -0.3 is 0 Å². The summed E-state index contributed by atoms with van der Waals surface area (Å²) in [7, 11) is 0. The summed E-state index contributed by atoms with van der Waals surface area (Å²) in [4.78, 5) is 0. The van der Waals surface area contributed by atoms with E-state index in [0.29, 0.717) is 0 Å². The van der Waals surface area contributed by atoms with Crippen LogP contribution in [0.15, 0.2) is 243 Å². The van der Waals surface area contributed by atoms with Gasteiger partial charge in [0, 0.05) is 0 Å². The number of hydrogen-bond acceptors (Lipinski definition) is 0. The lowest BCUT2D eigenvalue weighted by atomic mass is 9.84. The van der Waals surface area contributed by atoms with Crippen LogP contribution in [0.4, 0.5) is 0 Å². The molecular formula is C56H40. The molecule has 0 aliphatic heterocycles. The topological polar surface area (TPSA) is 0 Å². The molecule has 0 unspecified atom stereocenters. The molecule has 0 heterocycles. The van der Waals surface area contributed by atoms with Gasteiger partial charge in [-0.05, 0) is 113 Å². The normalized spacial score (nSPS) is 10.9. The fourth-order valence-electron chi connectivity index (χ4n) is 7.87. The number of benzene rings is 9. The Kier molecular flexibility index (Phi) is 9.84. The van der Waals surface area contributed by atoms with Crippen molar-refractivity contribution in [1.29, 1.82) is 0 Å². The van der Waals surface area contributed by atoms with E-state index in [0.717, 1.165) is 0 Å². The molecule has 0 fully saturated rings. The largest absolute Gasteiger partial charge is 0.0622 e. The van der Waals surface area contributed by atoms with E-state index in [1.807, 2.05) is 0 Å². The van der Waals surface area contributed by atoms with Crippen LogP contribution in [0, 0.1) is 0 Å². The first-order chi connectivity index (χ1) is 27.8. The third-order valence-electron chi connectivity index (χ3n) is 10.5. The first kappa shape index (κ1) is 34.5. The Bertz CT molecular complexity index is 2630. The van der Waals surface area contributed by atoms with Gasteiger partial charge in [0.05, 0.1) is 0 Å². The van der Waals surface area contributed by atoms with Gasteiger partial charge in [0.2, 0.25) is 0 Å². The second kappa shape index (κ2) is 16.0. The predicted octanol–water partition coefficient (Wildman–Crippen LogP) is 15.0. The summed E-state index contributed by atoms with van der Waals surface area (Å²) < 4.78 is 0. The highest BCUT2D eigenvalue weighted by Gasteiger charge is 2.19. The minimum absolute atomic E-state index is 1.17. The van der Waals surface area contributed by atoms with Crippen molar-refractivity contribution in [2.75, 3.05) is 0 Å². The van der Waals surface area contributed by atoms with Crippen molar-refractivity contribution in [1.82, 2.24) is 0 Å². The molecule has 0 aliphatic carbocycles. The standard InChI is InChI=1S/C56H40/c1-7-21-41(22-8-1)52-39-51(40-53(42-23-9-2-10-24-42)56(52)46-31-17-6-18-32-46)49-35-19-33-47(37-49)48-34-20-36-50(38-48)55(45-29-15-5-16-30-45)54(43-25-11-3-12-26-43)44-27-13-4-14-28-44/h1-40H. The molecule has 56 heavy (non-hydrogen) atoms. The summed E-state index contributed by atoms with van der Waals surface area (Å²) in [5.74, 6) is 0. The summed E-state index contributed by atoms with van der Waals surface area (Å²) in [5, 5.41) is 0. The molecular weight excluding hydrogens is 673 g/mol. The van der Waals surface area contributed by atoms with E-state index in [1.54, 1.807) is 0 Å². The van der Waals surface area contributed by atoms with Crippen molar-refractivity contribution >= 4 is 11.1 Å². The van der Waals surface area contributed by atoms with Crippen LogP contribution in [-0.4, -0.2) is 0 Å². The van der Waals surface area contributed by atoms with Gasteiger partial charge in [-0.25, -0.2) is 0 Å². The maximum absolute atomic E-state index is 2.38. The van der Waals surface area contributed by atoms with Crippen LogP contribution in [0.2, 0.25) is 0 Å². The Morgan fingerprint density at radius 2 is 0.500 bits per heavy atom. The molecule has 9 aromatic rings. The lowest BCUT2D eigenvalue weighted by Crippen LogP contribution is -1.97. The average molecular weight is 713 g/mol. The quantitative estimate of drug-likeness (QED) is 0.131. The fourth-order valence-corrected chi connectivity index (χ4v) is 7.87. The van der Waals surface area contributed by atoms with E-state index in [4.69, 9.17) is 0 Å². The molecule has 9 aromatic carbocycles. The maximum Gasteiger partial charge on any atom is -0.00264 e. The molecule has 0 atom stereocenters. The van der Waals surface area contributed by atoms with Crippen LogP contribution in [0.5, 0.6) is 0 Å². The van der Waals surface area contributed by atoms with Crippen molar-refractivity contribution in [2.24, 2.45) is 0 Å². The summed E-state index contributed by atoms with van der Waals surface area (Å²) in [6.45, 7) is 0. The van der Waals surface area contributed by atoms with Gasteiger partial charge in [-0.15, -0.1) is 0 Å². The van der Waals surface area contributed by atoms with E-state index < -0.39 is 0 Å². The molecule has 0 nitrogen and oxygen atoms in total. The van der Waals surface area contributed by atoms with Gasteiger partial charge in [0.1, 0.15) is 0 Å². The van der Waals surface area contributed by atoms with Gasteiger partial charge in [0.25, 0.3) is 0 Å². The van der Waals surface area contributed by atoms with E-state index in [1.165, 1.54) is 89.0 Å². The van der Waals surface area contributed by atoms with Crippen LogP contribution < -0.4 is 0 Å². The number of hydrogen-bond donors (Lipinski definition) is 0. The summed E-state index contributed by atoms with van der Waals surface area (Å²) in [6.07, 6.45) is 0. The molecule has 0 radical (unpaired) electrons. The van der Waals surface area contributed by atoms with Gasteiger partial charge in [-0.2, -0.15) is 0 Å². The maximum atomic E-state index is 2.38. The molecule has 0 aromatic heterocycles. The molecule has 0 bridgehead atoms. The fraction of sp³-hybridized carbons (Fsp3) is 0. The van der Waals surface area contributed by atoms with E-state index in [2.05, 4.69) is 243 Å². The molecule has 0 saturated heterocycles. The van der Waals surface area contributed by atoms with Crippen LogP contribution in [0.25, 0.3) is 66.8 Å². The zero-order chi connectivity index (χ0) is 37.5. The zero-order valence-corrected chi connectivity index (χ0v) is 31.1. The van der Waals surface area contributed by atoms with E-state index >= 15 is 0 Å². The van der Waals surface area contributed by atoms with Gasteiger partial charge in [-0.1, -0.05) is 218 Å². The van der Waals surface area contributed by atoms with Crippen LogP contribution in [0.1, 0.15) is 22.3 Å². The molecule has 0 saturated carbocycles. The van der Waals surface area contributed by atoms with Gasteiger partial charge in [0.15, 0.2) is 0 Å². The first-order valence-corrected chi connectivity index (χ1v) is 19.3. The van der Waals surface area contributed by atoms with Crippen molar-refractivity contribution in [2.45, 2.75) is 0 Å². The van der Waals surface area contributed by atoms with Gasteiger partial charge >= 0.3 is 0 Å². The highest BCUT2D eigenvalue weighted by Crippen LogP contribution is 2.44. The monoisotopic (exact) mass is 712 g/mol. The van der Waals surface area contributed by atoms with Crippen LogP contribution in [-0.2, 0) is 0 Å². The molecule has 0 amide bonds. The van der Waals surface area contributed by atoms with E-state index in [9.17, 15) is 0 Å². The molecule has 9 rings (SSSR count). The molecule has 264 valence electrons. The molecule has 0 heteroatoms.